The largest absolute Gasteiger partial charge is 0.486 e. The highest BCUT2D eigenvalue weighted by molar-refractivity contribution is 7.92. The van der Waals surface area contributed by atoms with Gasteiger partial charge < -0.3 is 19.7 Å². The molecule has 1 atom stereocenters. The Kier molecular flexibility index (Phi) is 10.8. The normalized spacial score (nSPS) is 13.1. The molecule has 0 saturated heterocycles. The zero-order chi connectivity index (χ0) is 33.4. The van der Waals surface area contributed by atoms with Crippen molar-refractivity contribution in [3.8, 4) is 11.5 Å². The number of hydrogen-bond donors (Lipinski definition) is 1. The molecule has 0 saturated carbocycles. The molecule has 1 heterocycles. The quantitative estimate of drug-likeness (QED) is 0.208. The predicted molar refractivity (Wildman–Crippen MR) is 182 cm³/mol. The van der Waals surface area contributed by atoms with Gasteiger partial charge in [0.25, 0.3) is 10.0 Å². The molecule has 5 rings (SSSR count). The Labute approximate surface area is 277 Å². The van der Waals surface area contributed by atoms with Crippen molar-refractivity contribution in [3.05, 3.63) is 120 Å². The first kappa shape index (κ1) is 33.5. The second kappa shape index (κ2) is 15.2. The number of nitrogens with zero attached hydrogens (tertiary/aromatic N) is 2. The van der Waals surface area contributed by atoms with Gasteiger partial charge in [0.05, 0.1) is 10.6 Å². The summed E-state index contributed by atoms with van der Waals surface area (Å²) in [5, 5.41) is 3.02. The van der Waals surface area contributed by atoms with E-state index in [1.807, 2.05) is 75.4 Å². The lowest BCUT2D eigenvalue weighted by molar-refractivity contribution is -0.140. The maximum atomic E-state index is 14.7. The number of amides is 2. The van der Waals surface area contributed by atoms with Crippen LogP contribution in [0.4, 0.5) is 5.69 Å². The second-order valence-electron chi connectivity index (χ2n) is 11.9. The van der Waals surface area contributed by atoms with Crippen LogP contribution in [-0.4, -0.2) is 57.5 Å². The molecular formula is C37H41N3O6S. The third-order valence-corrected chi connectivity index (χ3v) is 9.77. The number of ether oxygens (including phenoxy) is 2. The monoisotopic (exact) mass is 655 g/mol. The van der Waals surface area contributed by atoms with Crippen LogP contribution >= 0.6 is 0 Å². The summed E-state index contributed by atoms with van der Waals surface area (Å²) in [5.74, 6) is 0.249. The van der Waals surface area contributed by atoms with E-state index < -0.39 is 28.5 Å². The summed E-state index contributed by atoms with van der Waals surface area (Å²) < 4.78 is 41.0. The number of benzene rings is 4. The number of hydrogen-bond acceptors (Lipinski definition) is 6. The van der Waals surface area contributed by atoms with Gasteiger partial charge in [-0.05, 0) is 53.8 Å². The Morgan fingerprint density at radius 2 is 1.47 bits per heavy atom. The van der Waals surface area contributed by atoms with Gasteiger partial charge in [-0.2, -0.15) is 0 Å². The van der Waals surface area contributed by atoms with E-state index in [1.165, 1.54) is 17.0 Å². The van der Waals surface area contributed by atoms with Crippen molar-refractivity contribution in [2.45, 2.75) is 44.7 Å². The number of rotatable bonds is 13. The average Bonchev–Trinajstić information content (AvgIpc) is 3.08. The topological polar surface area (TPSA) is 105 Å². The summed E-state index contributed by atoms with van der Waals surface area (Å²) in [6, 6.07) is 29.1. The molecule has 4 aromatic carbocycles. The van der Waals surface area contributed by atoms with Crippen LogP contribution in [0.2, 0.25) is 0 Å². The molecule has 1 unspecified atom stereocenters. The van der Waals surface area contributed by atoms with Crippen molar-refractivity contribution in [1.82, 2.24) is 10.2 Å². The van der Waals surface area contributed by atoms with E-state index in [0.717, 1.165) is 21.0 Å². The van der Waals surface area contributed by atoms with Crippen LogP contribution in [0.1, 0.15) is 30.5 Å². The summed E-state index contributed by atoms with van der Waals surface area (Å²) in [5.41, 5.74) is 2.92. The van der Waals surface area contributed by atoms with E-state index in [1.54, 1.807) is 36.4 Å². The first-order valence-corrected chi connectivity index (χ1v) is 17.2. The Morgan fingerprint density at radius 3 is 2.15 bits per heavy atom. The first-order valence-electron chi connectivity index (χ1n) is 15.8. The highest BCUT2D eigenvalue weighted by Gasteiger charge is 2.35. The average molecular weight is 656 g/mol. The SMILES string of the molecule is Cc1ccccc1CN(C(=O)CN(c1ccc2c(c1)OCCO2)S(=O)(=O)c1ccccc1)C(Cc1ccccc1)C(=O)NCC(C)C. The minimum Gasteiger partial charge on any atom is -0.486 e. The van der Waals surface area contributed by atoms with Crippen molar-refractivity contribution < 1.29 is 27.5 Å². The number of carbonyl (C=O) groups is 2. The van der Waals surface area contributed by atoms with Crippen LogP contribution in [0.25, 0.3) is 0 Å². The Hall–Kier alpha value is -4.83. The van der Waals surface area contributed by atoms with Crippen LogP contribution in [0, 0.1) is 12.8 Å². The minimum absolute atomic E-state index is 0.0312. The van der Waals surface area contributed by atoms with Gasteiger partial charge in [0, 0.05) is 25.6 Å². The molecule has 1 aliphatic heterocycles. The van der Waals surface area contributed by atoms with Gasteiger partial charge in [0.1, 0.15) is 25.8 Å². The van der Waals surface area contributed by atoms with Crippen molar-refractivity contribution in [2.75, 3.05) is 30.6 Å². The fourth-order valence-electron chi connectivity index (χ4n) is 5.38. The maximum Gasteiger partial charge on any atom is 0.264 e. The highest BCUT2D eigenvalue weighted by atomic mass is 32.2. The molecule has 0 aliphatic carbocycles. The van der Waals surface area contributed by atoms with Gasteiger partial charge in [-0.25, -0.2) is 8.42 Å². The van der Waals surface area contributed by atoms with Gasteiger partial charge in [-0.15, -0.1) is 0 Å². The van der Waals surface area contributed by atoms with E-state index in [-0.39, 0.29) is 35.4 Å². The molecule has 1 aliphatic rings. The van der Waals surface area contributed by atoms with Crippen molar-refractivity contribution in [1.29, 1.82) is 0 Å². The third-order valence-electron chi connectivity index (χ3n) is 7.98. The number of sulfonamides is 1. The number of anilines is 1. The number of nitrogens with one attached hydrogen (secondary N) is 1. The first-order chi connectivity index (χ1) is 22.6. The van der Waals surface area contributed by atoms with Crippen molar-refractivity contribution in [3.63, 3.8) is 0 Å². The Balaban J connectivity index is 1.58. The van der Waals surface area contributed by atoms with Crippen LogP contribution < -0.4 is 19.1 Å². The Morgan fingerprint density at radius 1 is 0.830 bits per heavy atom. The molecule has 47 heavy (non-hydrogen) atoms. The number of fused-ring (bicyclic) bond motifs is 1. The molecule has 4 aromatic rings. The van der Waals surface area contributed by atoms with Crippen LogP contribution in [0.5, 0.6) is 11.5 Å². The van der Waals surface area contributed by atoms with Gasteiger partial charge in [0.2, 0.25) is 11.8 Å². The Bertz CT molecular complexity index is 1780. The maximum absolute atomic E-state index is 14.7. The lowest BCUT2D eigenvalue weighted by atomic mass is 10.0. The van der Waals surface area contributed by atoms with Gasteiger partial charge >= 0.3 is 0 Å². The smallest absolute Gasteiger partial charge is 0.264 e. The molecule has 1 N–H and O–H groups in total. The van der Waals surface area contributed by atoms with E-state index in [9.17, 15) is 18.0 Å². The summed E-state index contributed by atoms with van der Waals surface area (Å²) in [6.07, 6.45) is 0.248. The summed E-state index contributed by atoms with van der Waals surface area (Å²) in [4.78, 5) is 30.1. The van der Waals surface area contributed by atoms with Crippen molar-refractivity contribution in [2.24, 2.45) is 5.92 Å². The van der Waals surface area contributed by atoms with Crippen LogP contribution in [-0.2, 0) is 32.6 Å². The van der Waals surface area contributed by atoms with Gasteiger partial charge in [-0.3, -0.25) is 13.9 Å². The highest BCUT2D eigenvalue weighted by Crippen LogP contribution is 2.36. The lowest BCUT2D eigenvalue weighted by Crippen LogP contribution is -2.53. The second-order valence-corrected chi connectivity index (χ2v) is 13.8. The molecule has 0 fully saturated rings. The van der Waals surface area contributed by atoms with Gasteiger partial charge in [0.15, 0.2) is 11.5 Å². The van der Waals surface area contributed by atoms with Crippen LogP contribution in [0.15, 0.2) is 108 Å². The molecular weight excluding hydrogens is 614 g/mol. The number of carbonyl (C=O) groups excluding carboxylic acids is 2. The molecule has 9 nitrogen and oxygen atoms in total. The summed E-state index contributed by atoms with van der Waals surface area (Å²) in [6.45, 7) is 6.64. The molecule has 0 aromatic heterocycles. The van der Waals surface area contributed by atoms with Crippen LogP contribution in [0.3, 0.4) is 0 Å². The van der Waals surface area contributed by atoms with Gasteiger partial charge in [-0.1, -0.05) is 86.6 Å². The van der Waals surface area contributed by atoms with E-state index in [0.29, 0.717) is 31.3 Å². The lowest BCUT2D eigenvalue weighted by Gasteiger charge is -2.34. The summed E-state index contributed by atoms with van der Waals surface area (Å²) in [7, 11) is -4.23. The summed E-state index contributed by atoms with van der Waals surface area (Å²) >= 11 is 0. The molecule has 0 radical (unpaired) electrons. The minimum atomic E-state index is -4.23. The number of aryl methyl sites for hydroxylation is 1. The van der Waals surface area contributed by atoms with E-state index in [4.69, 9.17) is 9.47 Å². The zero-order valence-corrected chi connectivity index (χ0v) is 27.8. The molecule has 0 spiro atoms. The molecule has 246 valence electrons. The predicted octanol–water partition coefficient (Wildman–Crippen LogP) is 5.37. The zero-order valence-electron chi connectivity index (χ0n) is 27.0. The fourth-order valence-corrected chi connectivity index (χ4v) is 6.81. The van der Waals surface area contributed by atoms with E-state index >= 15 is 0 Å². The molecule has 0 bridgehead atoms. The fraction of sp³-hybridized carbons (Fsp3) is 0.297. The third kappa shape index (κ3) is 8.31. The van der Waals surface area contributed by atoms with Crippen molar-refractivity contribution >= 4 is 27.5 Å². The molecule has 2 amide bonds. The molecule has 10 heteroatoms. The van der Waals surface area contributed by atoms with E-state index in [2.05, 4.69) is 5.32 Å². The standard InChI is InChI=1S/C37H41N3O6S/c1-27(2)24-38-37(42)33(22-29-13-6-4-7-14-29)39(25-30-15-11-10-12-28(30)3)36(41)26-40(47(43,44)32-16-8-5-9-17-32)31-18-19-34-35(23-31)46-21-20-45-34/h4-19,23,27,33H,20-22,24-26H2,1-3H3,(H,38,42).